The van der Waals surface area contributed by atoms with Crippen LogP contribution in [0, 0.1) is 52.8 Å². The van der Waals surface area contributed by atoms with E-state index < -0.39 is 0 Å². The number of methoxy groups -OCH3 is 1. The Morgan fingerprint density at radius 3 is 2.57 bits per heavy atom. The number of hydrogen-bond acceptors (Lipinski definition) is 10. The van der Waals surface area contributed by atoms with Gasteiger partial charge in [-0.05, 0) is 219 Å². The zero-order chi connectivity index (χ0) is 49.8. The average molecular weight is 976 g/mol. The fourth-order valence-corrected chi connectivity index (χ4v) is 15.5. The van der Waals surface area contributed by atoms with Crippen LogP contribution in [0.4, 0.5) is 0 Å². The third kappa shape index (κ3) is 11.4. The summed E-state index contributed by atoms with van der Waals surface area (Å²) >= 11 is 0. The summed E-state index contributed by atoms with van der Waals surface area (Å²) in [5, 5.41) is 36.3. The first-order valence-corrected chi connectivity index (χ1v) is 27.7. The Kier molecular flexibility index (Phi) is 16.0. The smallest absolute Gasteiger partial charge is 0.163 e. The number of rotatable bonds is 20. The van der Waals surface area contributed by atoms with Gasteiger partial charge in [0.25, 0.3) is 0 Å². The van der Waals surface area contributed by atoms with Crippen LogP contribution >= 0.6 is 0 Å². The number of benzene rings is 3. The molecule has 13 atom stereocenters. The number of aromatic hydroxyl groups is 1. The molecule has 11 rings (SSSR count). The van der Waals surface area contributed by atoms with Crippen molar-refractivity contribution < 1.29 is 24.5 Å². The summed E-state index contributed by atoms with van der Waals surface area (Å²) in [6.07, 6.45) is 25.5. The van der Waals surface area contributed by atoms with E-state index in [4.69, 9.17) is 10.5 Å². The Morgan fingerprint density at radius 1 is 0.944 bits per heavy atom. The van der Waals surface area contributed by atoms with Crippen molar-refractivity contribution in [1.29, 1.82) is 0 Å². The maximum absolute atomic E-state index is 14.2. The SMILES string of the molecule is COc1cc(C=CC(=O)CC(=O)CC2CC3(CC4C5CCNCC5CC5C=CCNC54)C4CC2CCC3C(NCC(C)O)C4)c(CC2=CNC(N)C=C2CCc2cccc(CCc3ccccc3)c2)cc1O. The highest BCUT2D eigenvalue weighted by Gasteiger charge is 2.62. The van der Waals surface area contributed by atoms with Gasteiger partial charge in [-0.25, -0.2) is 0 Å². The van der Waals surface area contributed by atoms with E-state index in [2.05, 4.69) is 94.1 Å². The van der Waals surface area contributed by atoms with Gasteiger partial charge in [0.15, 0.2) is 17.3 Å². The number of aryl methyl sites for hydroxylation is 3. The summed E-state index contributed by atoms with van der Waals surface area (Å²) in [5.74, 6) is 4.71. The number of allylic oxidation sites excluding steroid dienone is 3. The van der Waals surface area contributed by atoms with Crippen molar-refractivity contribution in [2.24, 2.45) is 58.5 Å². The molecule has 10 nitrogen and oxygen atoms in total. The molecular weight excluding hydrogens is 895 g/mol. The average Bonchev–Trinajstić information content (AvgIpc) is 3.46. The highest BCUT2D eigenvalue weighted by Crippen LogP contribution is 2.67. The lowest BCUT2D eigenvalue weighted by Crippen LogP contribution is -2.58. The second-order valence-electron chi connectivity index (χ2n) is 23.2. The molecule has 0 spiro atoms. The number of ether oxygens (including phenoxy) is 1. The Labute approximate surface area is 428 Å². The standard InChI is InChI=1S/C62H81N5O5/c1-39(68)36-66-57-32-51-27-43-18-20-56(57)62(51,35-55-54-21-23-64-37-50(54)25-46-12-7-22-65-61(46)55)34-48(43)28-53(70)33-52(69)19-17-44-30-59(72-2)58(71)29-47(44)26-49-38-67-60(63)31-45(49)16-15-42-11-6-10-41(24-42)14-13-40-8-4-3-5-9-40/h3-12,17,19,24,29-31,38-39,43,46,48,50-51,54-57,60-61,64-68,71H,13-16,18,20-23,25-28,32-37,63H2,1-2H3. The second-order valence-corrected chi connectivity index (χ2v) is 23.2. The summed E-state index contributed by atoms with van der Waals surface area (Å²) in [6, 6.07) is 23.9. The number of hydrogen-bond donors (Lipinski definition) is 7. The fourth-order valence-electron chi connectivity index (χ4n) is 15.5. The van der Waals surface area contributed by atoms with Gasteiger partial charge in [-0.15, -0.1) is 0 Å². The topological polar surface area (TPSA) is 158 Å². The van der Waals surface area contributed by atoms with Crippen LogP contribution in [-0.4, -0.2) is 79.4 Å². The molecule has 0 amide bonds. The number of carbonyl (C=O) groups excluding carboxylic acids is 2. The number of dihydropyridines is 1. The van der Waals surface area contributed by atoms with Crippen molar-refractivity contribution >= 4 is 17.6 Å². The number of piperidine rings is 1. The van der Waals surface area contributed by atoms with Crippen LogP contribution in [0.3, 0.4) is 0 Å². The predicted molar refractivity (Wildman–Crippen MR) is 287 cm³/mol. The number of nitrogens with one attached hydrogen (secondary N) is 4. The minimum atomic E-state index is -0.385. The van der Waals surface area contributed by atoms with E-state index in [9.17, 15) is 19.8 Å². The van der Waals surface area contributed by atoms with Crippen molar-refractivity contribution in [1.82, 2.24) is 21.3 Å². The van der Waals surface area contributed by atoms with E-state index >= 15 is 0 Å². The number of phenolic OH excluding ortho intramolecular Hbond substituents is 1. The maximum Gasteiger partial charge on any atom is 0.163 e. The molecule has 8 N–H and O–H groups in total. The summed E-state index contributed by atoms with van der Waals surface area (Å²) in [5.41, 5.74) is 14.3. The predicted octanol–water partition coefficient (Wildman–Crippen LogP) is 8.55. The highest BCUT2D eigenvalue weighted by atomic mass is 16.5. The Hall–Kier alpha value is -4.84. The maximum atomic E-state index is 14.2. The van der Waals surface area contributed by atoms with Gasteiger partial charge in [-0.3, -0.25) is 9.59 Å². The molecule has 0 radical (unpaired) electrons. The van der Waals surface area contributed by atoms with E-state index in [0.29, 0.717) is 78.6 Å². The molecule has 3 aliphatic heterocycles. The Bertz CT molecular complexity index is 2520. The molecule has 5 saturated carbocycles. The van der Waals surface area contributed by atoms with Gasteiger partial charge in [-0.2, -0.15) is 0 Å². The van der Waals surface area contributed by atoms with Crippen molar-refractivity contribution in [2.45, 2.75) is 128 Å². The van der Waals surface area contributed by atoms with Crippen molar-refractivity contribution in [3.63, 3.8) is 0 Å². The van der Waals surface area contributed by atoms with E-state index in [1.165, 1.54) is 55.9 Å². The molecule has 4 bridgehead atoms. The third-order valence-electron chi connectivity index (χ3n) is 18.8. The lowest BCUT2D eigenvalue weighted by molar-refractivity contribution is -0.126. The van der Waals surface area contributed by atoms with Gasteiger partial charge in [0, 0.05) is 37.8 Å². The molecule has 13 unspecified atom stereocenters. The van der Waals surface area contributed by atoms with Crippen molar-refractivity contribution in [3.8, 4) is 11.5 Å². The molecular formula is C62H81N5O5. The molecule has 1 saturated heterocycles. The van der Waals surface area contributed by atoms with Crippen LogP contribution < -0.4 is 31.7 Å². The number of fused-ring (bicyclic) bond motifs is 4. The third-order valence-corrected chi connectivity index (χ3v) is 18.8. The lowest BCUT2D eigenvalue weighted by atomic mass is 9.52. The van der Waals surface area contributed by atoms with Crippen LogP contribution in [0.1, 0.15) is 105 Å². The molecule has 3 heterocycles. The molecule has 10 heteroatoms. The first kappa shape index (κ1) is 50.7. The molecule has 5 aliphatic carbocycles. The van der Waals surface area contributed by atoms with Gasteiger partial charge in [0.2, 0.25) is 0 Å². The van der Waals surface area contributed by atoms with Gasteiger partial charge in [0.05, 0.1) is 25.8 Å². The Balaban J connectivity index is 0.814. The molecule has 3 aromatic carbocycles. The number of Topliss-reactive ketones (excluding diaryl/α,β-unsaturated/α-hetero) is 1. The van der Waals surface area contributed by atoms with E-state index in [1.54, 1.807) is 24.3 Å². The number of carbonyl (C=O) groups is 2. The first-order valence-electron chi connectivity index (χ1n) is 27.7. The van der Waals surface area contributed by atoms with Gasteiger partial charge in [-0.1, -0.05) is 72.8 Å². The van der Waals surface area contributed by atoms with E-state index in [1.807, 2.05) is 13.1 Å². The molecule has 3 aromatic rings. The van der Waals surface area contributed by atoms with E-state index in [-0.39, 0.29) is 47.3 Å². The minimum absolute atomic E-state index is 0.0322. The molecule has 384 valence electrons. The monoisotopic (exact) mass is 976 g/mol. The van der Waals surface area contributed by atoms with Gasteiger partial charge >= 0.3 is 0 Å². The zero-order valence-electron chi connectivity index (χ0n) is 42.9. The fraction of sp³-hybridized carbons (Fsp3) is 0.548. The normalized spacial score (nSPS) is 32.0. The summed E-state index contributed by atoms with van der Waals surface area (Å²) in [4.78, 5) is 28.1. The number of ketones is 2. The number of aliphatic hydroxyl groups excluding tert-OH is 1. The van der Waals surface area contributed by atoms with Crippen molar-refractivity contribution in [2.75, 3.05) is 33.3 Å². The van der Waals surface area contributed by atoms with Crippen LogP contribution in [0.25, 0.3) is 6.08 Å². The van der Waals surface area contributed by atoms with Crippen LogP contribution in [0.5, 0.6) is 11.5 Å². The van der Waals surface area contributed by atoms with Crippen LogP contribution in [0.15, 0.2) is 108 Å². The van der Waals surface area contributed by atoms with Gasteiger partial charge in [0.1, 0.15) is 5.78 Å². The largest absolute Gasteiger partial charge is 0.504 e. The number of phenols is 1. The summed E-state index contributed by atoms with van der Waals surface area (Å²) in [7, 11) is 1.53. The van der Waals surface area contributed by atoms with Crippen LogP contribution in [-0.2, 0) is 35.3 Å². The highest BCUT2D eigenvalue weighted by molar-refractivity contribution is 6.06. The minimum Gasteiger partial charge on any atom is -0.504 e. The molecule has 0 aromatic heterocycles. The first-order chi connectivity index (χ1) is 35.0. The zero-order valence-corrected chi connectivity index (χ0v) is 42.9. The summed E-state index contributed by atoms with van der Waals surface area (Å²) in [6.45, 7) is 5.67. The number of aliphatic hydroxyl groups is 1. The molecule has 72 heavy (non-hydrogen) atoms. The molecule has 8 aliphatic rings. The van der Waals surface area contributed by atoms with Gasteiger partial charge < -0.3 is 42.0 Å². The quantitative estimate of drug-likeness (QED) is 0.0333. The lowest BCUT2D eigenvalue weighted by Gasteiger charge is -2.55. The number of nitrogens with two attached hydrogens (primary N) is 1. The Morgan fingerprint density at radius 2 is 1.75 bits per heavy atom. The van der Waals surface area contributed by atoms with Crippen LogP contribution in [0.2, 0.25) is 0 Å². The van der Waals surface area contributed by atoms with Crippen molar-refractivity contribution in [3.05, 3.63) is 136 Å². The summed E-state index contributed by atoms with van der Waals surface area (Å²) < 4.78 is 5.55. The molecule has 6 fully saturated rings. The second kappa shape index (κ2) is 22.7. The van der Waals surface area contributed by atoms with E-state index in [0.717, 1.165) is 86.9 Å².